The van der Waals surface area contributed by atoms with Gasteiger partial charge in [-0.25, -0.2) is 0 Å². The van der Waals surface area contributed by atoms with Crippen molar-refractivity contribution >= 4 is 11.9 Å². The molecular formula is C21H38O4. The summed E-state index contributed by atoms with van der Waals surface area (Å²) in [7, 11) is 2.79. The third-order valence-electron chi connectivity index (χ3n) is 5.75. The molecule has 146 valence electrons. The highest BCUT2D eigenvalue weighted by Crippen LogP contribution is 2.38. The van der Waals surface area contributed by atoms with Gasteiger partial charge in [-0.2, -0.15) is 0 Å². The van der Waals surface area contributed by atoms with E-state index >= 15 is 0 Å². The van der Waals surface area contributed by atoms with Crippen LogP contribution in [-0.2, 0) is 19.1 Å². The molecule has 1 fully saturated rings. The van der Waals surface area contributed by atoms with Crippen LogP contribution < -0.4 is 0 Å². The Morgan fingerprint density at radius 3 is 2.08 bits per heavy atom. The van der Waals surface area contributed by atoms with Gasteiger partial charge in [0.2, 0.25) is 0 Å². The first-order chi connectivity index (χ1) is 11.9. The maximum Gasteiger partial charge on any atom is 0.309 e. The molecule has 1 aliphatic rings. The van der Waals surface area contributed by atoms with Gasteiger partial charge >= 0.3 is 11.9 Å². The average Bonchev–Trinajstić information content (AvgIpc) is 2.59. The highest BCUT2D eigenvalue weighted by molar-refractivity contribution is 5.82. The van der Waals surface area contributed by atoms with E-state index in [0.717, 1.165) is 37.5 Å². The lowest BCUT2D eigenvalue weighted by atomic mass is 9.72. The number of esters is 2. The second-order valence-electron chi connectivity index (χ2n) is 8.30. The van der Waals surface area contributed by atoms with Crippen molar-refractivity contribution in [3.05, 3.63) is 0 Å². The van der Waals surface area contributed by atoms with Gasteiger partial charge in [-0.1, -0.05) is 59.3 Å². The molecule has 1 saturated carbocycles. The molecule has 25 heavy (non-hydrogen) atoms. The molecule has 0 radical (unpaired) electrons. The number of hydrogen-bond donors (Lipinski definition) is 0. The van der Waals surface area contributed by atoms with Crippen molar-refractivity contribution in [2.45, 2.75) is 78.6 Å². The number of rotatable bonds is 10. The largest absolute Gasteiger partial charge is 0.469 e. The zero-order valence-electron chi connectivity index (χ0n) is 16.9. The fourth-order valence-electron chi connectivity index (χ4n) is 4.14. The van der Waals surface area contributed by atoms with E-state index in [4.69, 9.17) is 9.47 Å². The van der Waals surface area contributed by atoms with Gasteiger partial charge in [0, 0.05) is 0 Å². The summed E-state index contributed by atoms with van der Waals surface area (Å²) in [4.78, 5) is 24.0. The second kappa shape index (κ2) is 11.5. The number of methoxy groups -OCH3 is 2. The first-order valence-corrected chi connectivity index (χ1v) is 10.0. The lowest BCUT2D eigenvalue weighted by Gasteiger charge is -2.33. The van der Waals surface area contributed by atoms with E-state index in [1.165, 1.54) is 46.3 Å². The van der Waals surface area contributed by atoms with E-state index in [0.29, 0.717) is 5.92 Å². The molecule has 0 amide bonds. The van der Waals surface area contributed by atoms with Gasteiger partial charge in [0.15, 0.2) is 0 Å². The predicted octanol–water partition coefficient (Wildman–Crippen LogP) is 5.00. The third kappa shape index (κ3) is 7.79. The molecular weight excluding hydrogens is 316 g/mol. The number of carbonyl (C=O) groups excluding carboxylic acids is 2. The van der Waals surface area contributed by atoms with Crippen LogP contribution >= 0.6 is 0 Å². The first kappa shape index (κ1) is 22.0. The lowest BCUT2D eigenvalue weighted by Crippen LogP contribution is -2.37. The normalized spacial score (nSPS) is 24.8. The van der Waals surface area contributed by atoms with E-state index in [2.05, 4.69) is 20.8 Å². The smallest absolute Gasteiger partial charge is 0.309 e. The number of ether oxygens (including phenoxy) is 2. The Labute approximate surface area is 154 Å². The van der Waals surface area contributed by atoms with E-state index in [9.17, 15) is 9.59 Å². The molecule has 0 aromatic carbocycles. The van der Waals surface area contributed by atoms with Crippen molar-refractivity contribution in [2.24, 2.45) is 29.6 Å². The van der Waals surface area contributed by atoms with E-state index in [-0.39, 0.29) is 23.8 Å². The summed E-state index contributed by atoms with van der Waals surface area (Å²) >= 11 is 0. The molecule has 0 aliphatic heterocycles. The molecule has 0 bridgehead atoms. The van der Waals surface area contributed by atoms with E-state index < -0.39 is 0 Å². The summed E-state index contributed by atoms with van der Waals surface area (Å²) in [6.45, 7) is 6.92. The highest BCUT2D eigenvalue weighted by atomic mass is 16.5. The van der Waals surface area contributed by atoms with Gasteiger partial charge in [0.05, 0.1) is 26.1 Å². The van der Waals surface area contributed by atoms with Gasteiger partial charge in [0.1, 0.15) is 0 Å². The summed E-state index contributed by atoms with van der Waals surface area (Å²) < 4.78 is 9.79. The SMILES string of the molecule is COC(=O)C1CC(CCCC(C)CCCC(C)C)CC[C@H]1C(=O)OC. The average molecular weight is 355 g/mol. The van der Waals surface area contributed by atoms with Crippen LogP contribution in [0.2, 0.25) is 0 Å². The second-order valence-corrected chi connectivity index (χ2v) is 8.30. The van der Waals surface area contributed by atoms with Gasteiger partial charge in [-0.05, 0) is 37.0 Å². The van der Waals surface area contributed by atoms with Crippen molar-refractivity contribution < 1.29 is 19.1 Å². The lowest BCUT2D eigenvalue weighted by molar-refractivity contribution is -0.160. The third-order valence-corrected chi connectivity index (χ3v) is 5.75. The Morgan fingerprint density at radius 2 is 1.48 bits per heavy atom. The highest BCUT2D eigenvalue weighted by Gasteiger charge is 2.40. The Bertz CT molecular complexity index is 405. The molecule has 0 aromatic rings. The Balaban J connectivity index is 2.38. The molecule has 1 rings (SSSR count). The van der Waals surface area contributed by atoms with Crippen LogP contribution in [0.5, 0.6) is 0 Å². The summed E-state index contributed by atoms with van der Waals surface area (Å²) in [6, 6.07) is 0. The topological polar surface area (TPSA) is 52.6 Å². The van der Waals surface area contributed by atoms with Crippen LogP contribution in [-0.4, -0.2) is 26.2 Å². The summed E-state index contributed by atoms with van der Waals surface area (Å²) in [5.41, 5.74) is 0. The first-order valence-electron chi connectivity index (χ1n) is 10.0. The Kier molecular flexibility index (Phi) is 10.1. The van der Waals surface area contributed by atoms with Crippen molar-refractivity contribution in [3.8, 4) is 0 Å². The molecule has 3 unspecified atom stereocenters. The van der Waals surface area contributed by atoms with Crippen molar-refractivity contribution in [1.29, 1.82) is 0 Å². The predicted molar refractivity (Wildman–Crippen MR) is 100 cm³/mol. The zero-order chi connectivity index (χ0) is 18.8. The van der Waals surface area contributed by atoms with Crippen LogP contribution in [0, 0.1) is 29.6 Å². The molecule has 0 aromatic heterocycles. The summed E-state index contributed by atoms with van der Waals surface area (Å²) in [5, 5.41) is 0. The molecule has 0 saturated heterocycles. The molecule has 0 heterocycles. The zero-order valence-corrected chi connectivity index (χ0v) is 16.9. The standard InChI is InChI=1S/C21H38O4/c1-15(2)8-6-9-16(3)10-7-11-17-12-13-18(20(22)24-4)19(14-17)21(23)25-5/h15-19H,6-14H2,1-5H3/t16?,17?,18-,19?/m1/s1. The van der Waals surface area contributed by atoms with E-state index in [1.807, 2.05) is 0 Å². The summed E-state index contributed by atoms with van der Waals surface area (Å²) in [5.74, 6) is 0.903. The van der Waals surface area contributed by atoms with Crippen molar-refractivity contribution in [3.63, 3.8) is 0 Å². The summed E-state index contributed by atoms with van der Waals surface area (Å²) in [6.07, 6.45) is 10.1. The van der Waals surface area contributed by atoms with Gasteiger partial charge < -0.3 is 9.47 Å². The van der Waals surface area contributed by atoms with Gasteiger partial charge in [-0.3, -0.25) is 9.59 Å². The van der Waals surface area contributed by atoms with Gasteiger partial charge in [-0.15, -0.1) is 0 Å². The quantitative estimate of drug-likeness (QED) is 0.518. The van der Waals surface area contributed by atoms with Crippen LogP contribution in [0.25, 0.3) is 0 Å². The van der Waals surface area contributed by atoms with Crippen LogP contribution in [0.4, 0.5) is 0 Å². The monoisotopic (exact) mass is 354 g/mol. The molecule has 4 heteroatoms. The van der Waals surface area contributed by atoms with Crippen LogP contribution in [0.15, 0.2) is 0 Å². The maximum absolute atomic E-state index is 12.1. The molecule has 4 nitrogen and oxygen atoms in total. The van der Waals surface area contributed by atoms with E-state index in [1.54, 1.807) is 0 Å². The maximum atomic E-state index is 12.1. The van der Waals surface area contributed by atoms with Crippen LogP contribution in [0.3, 0.4) is 0 Å². The Morgan fingerprint density at radius 1 is 0.880 bits per heavy atom. The number of hydrogen-bond acceptors (Lipinski definition) is 4. The molecule has 4 atom stereocenters. The van der Waals surface area contributed by atoms with Crippen molar-refractivity contribution in [1.82, 2.24) is 0 Å². The minimum atomic E-state index is -0.334. The fourth-order valence-corrected chi connectivity index (χ4v) is 4.14. The van der Waals surface area contributed by atoms with Crippen molar-refractivity contribution in [2.75, 3.05) is 14.2 Å². The number of carbonyl (C=O) groups is 2. The Hall–Kier alpha value is -1.06. The minimum absolute atomic E-state index is 0.262. The van der Waals surface area contributed by atoms with Crippen LogP contribution in [0.1, 0.15) is 78.6 Å². The molecule has 1 aliphatic carbocycles. The molecule has 0 spiro atoms. The fraction of sp³-hybridized carbons (Fsp3) is 0.905. The minimum Gasteiger partial charge on any atom is -0.469 e. The van der Waals surface area contributed by atoms with Gasteiger partial charge in [0.25, 0.3) is 0 Å². The molecule has 0 N–H and O–H groups in total.